The van der Waals surface area contributed by atoms with Crippen LogP contribution in [0.5, 0.6) is 0 Å². The van der Waals surface area contributed by atoms with Gasteiger partial charge in [-0.25, -0.2) is 4.98 Å². The summed E-state index contributed by atoms with van der Waals surface area (Å²) in [5.74, 6) is 0.767. The summed E-state index contributed by atoms with van der Waals surface area (Å²) < 4.78 is 10.2. The lowest BCUT2D eigenvalue weighted by molar-refractivity contribution is -0.148. The Hall–Kier alpha value is -2.63. The number of carbonyl (C=O) groups excluding carboxylic acids is 2. The molecule has 1 aromatic carbocycles. The summed E-state index contributed by atoms with van der Waals surface area (Å²) in [5.41, 5.74) is 1.43. The average Bonchev–Trinajstić information content (AvgIpc) is 3.38. The molecule has 0 aliphatic heterocycles. The average molecular weight is 340 g/mol. The van der Waals surface area contributed by atoms with Gasteiger partial charge in [-0.3, -0.25) is 9.59 Å². The third kappa shape index (κ3) is 2.81. The molecule has 1 amide bonds. The van der Waals surface area contributed by atoms with Crippen LogP contribution in [0.25, 0.3) is 11.3 Å². The topological polar surface area (TPSA) is 81.4 Å². The Morgan fingerprint density at radius 3 is 2.64 bits per heavy atom. The lowest BCUT2D eigenvalue weighted by Crippen LogP contribution is -2.47. The van der Waals surface area contributed by atoms with Gasteiger partial charge in [0.2, 0.25) is 0 Å². The molecule has 1 aromatic heterocycles. The number of aromatic nitrogens is 1. The fraction of sp³-hybridized carbons (Fsp3) is 0.421. The molecule has 0 radical (unpaired) electrons. The van der Waals surface area contributed by atoms with Crippen LogP contribution in [-0.4, -0.2) is 30.0 Å². The molecule has 2 aliphatic rings. The summed E-state index contributed by atoms with van der Waals surface area (Å²) in [6.45, 7) is 0. The molecule has 0 saturated heterocycles. The zero-order chi connectivity index (χ0) is 17.4. The Morgan fingerprint density at radius 1 is 1.20 bits per heavy atom. The molecule has 6 heteroatoms. The molecule has 0 spiro atoms. The predicted octanol–water partition coefficient (Wildman–Crippen LogP) is 2.66. The first-order valence-electron chi connectivity index (χ1n) is 8.55. The first kappa shape index (κ1) is 15.9. The Morgan fingerprint density at radius 2 is 1.96 bits per heavy atom. The van der Waals surface area contributed by atoms with Crippen LogP contribution < -0.4 is 5.32 Å². The van der Waals surface area contributed by atoms with Crippen LogP contribution in [0.1, 0.15) is 29.6 Å². The van der Waals surface area contributed by atoms with Crippen LogP contribution >= 0.6 is 0 Å². The normalized spacial score (nSPS) is 27.2. The van der Waals surface area contributed by atoms with Crippen molar-refractivity contribution in [2.45, 2.75) is 25.3 Å². The molecule has 4 rings (SSSR count). The van der Waals surface area contributed by atoms with Crippen LogP contribution in [-0.2, 0) is 9.53 Å². The van der Waals surface area contributed by atoms with E-state index in [0.29, 0.717) is 23.2 Å². The minimum absolute atomic E-state index is 0.132. The van der Waals surface area contributed by atoms with E-state index in [1.807, 2.05) is 12.1 Å². The van der Waals surface area contributed by atoms with Gasteiger partial charge in [0.1, 0.15) is 0 Å². The largest absolute Gasteiger partial charge is 0.469 e. The number of esters is 1. The first-order chi connectivity index (χ1) is 12.2. The van der Waals surface area contributed by atoms with E-state index < -0.39 is 0 Å². The van der Waals surface area contributed by atoms with Gasteiger partial charge in [0.05, 0.1) is 19.2 Å². The number of hydrogen-bond acceptors (Lipinski definition) is 5. The number of carbonyl (C=O) groups is 2. The number of hydrogen-bond donors (Lipinski definition) is 1. The molecule has 2 aromatic rings. The third-order valence-corrected chi connectivity index (χ3v) is 5.55. The summed E-state index contributed by atoms with van der Waals surface area (Å²) in [7, 11) is 1.41. The van der Waals surface area contributed by atoms with Crippen molar-refractivity contribution in [3.8, 4) is 11.3 Å². The second-order valence-electron chi connectivity index (χ2n) is 6.82. The Balaban J connectivity index is 1.49. The van der Waals surface area contributed by atoms with E-state index in [1.54, 1.807) is 18.3 Å². The van der Waals surface area contributed by atoms with Crippen molar-refractivity contribution in [1.82, 2.24) is 10.3 Å². The van der Waals surface area contributed by atoms with Gasteiger partial charge in [0, 0.05) is 17.2 Å². The molecule has 4 atom stereocenters. The van der Waals surface area contributed by atoms with E-state index in [1.165, 1.54) is 13.5 Å². The van der Waals surface area contributed by atoms with Crippen molar-refractivity contribution in [2.75, 3.05) is 7.11 Å². The number of nitrogens with zero attached hydrogens (tertiary/aromatic N) is 1. The molecule has 2 aliphatic carbocycles. The number of oxazole rings is 1. The van der Waals surface area contributed by atoms with Gasteiger partial charge >= 0.3 is 5.97 Å². The number of amides is 1. The van der Waals surface area contributed by atoms with Crippen molar-refractivity contribution in [3.63, 3.8) is 0 Å². The molecule has 130 valence electrons. The zero-order valence-electron chi connectivity index (χ0n) is 14.0. The molecule has 6 nitrogen and oxygen atoms in total. The summed E-state index contributed by atoms with van der Waals surface area (Å²) in [6.07, 6.45) is 6.11. The van der Waals surface area contributed by atoms with E-state index in [9.17, 15) is 9.59 Å². The third-order valence-electron chi connectivity index (χ3n) is 5.55. The predicted molar refractivity (Wildman–Crippen MR) is 89.5 cm³/mol. The number of fused-ring (bicyclic) bond motifs is 2. The zero-order valence-corrected chi connectivity index (χ0v) is 14.0. The van der Waals surface area contributed by atoms with Crippen LogP contribution in [0.4, 0.5) is 0 Å². The maximum absolute atomic E-state index is 12.6. The van der Waals surface area contributed by atoms with Gasteiger partial charge in [-0.1, -0.05) is 12.1 Å². The molecule has 1 N–H and O–H groups in total. The second kappa shape index (κ2) is 6.35. The summed E-state index contributed by atoms with van der Waals surface area (Å²) >= 11 is 0. The van der Waals surface area contributed by atoms with Crippen molar-refractivity contribution in [3.05, 3.63) is 42.4 Å². The highest BCUT2D eigenvalue weighted by molar-refractivity contribution is 5.95. The maximum atomic E-state index is 12.6. The quantitative estimate of drug-likeness (QED) is 0.866. The van der Waals surface area contributed by atoms with E-state index in [-0.39, 0.29) is 23.8 Å². The number of benzene rings is 1. The molecular weight excluding hydrogens is 320 g/mol. The van der Waals surface area contributed by atoms with Crippen molar-refractivity contribution in [2.24, 2.45) is 17.8 Å². The minimum atomic E-state index is -0.221. The van der Waals surface area contributed by atoms with Gasteiger partial charge in [-0.05, 0) is 43.2 Å². The highest BCUT2D eigenvalue weighted by atomic mass is 16.5. The number of nitrogens with one attached hydrogen (secondary N) is 1. The second-order valence-corrected chi connectivity index (χ2v) is 6.82. The molecule has 1 heterocycles. The van der Waals surface area contributed by atoms with E-state index in [2.05, 4.69) is 10.3 Å². The van der Waals surface area contributed by atoms with Crippen molar-refractivity contribution < 1.29 is 18.7 Å². The molecule has 0 unspecified atom stereocenters. The Kier molecular flexibility index (Phi) is 4.03. The highest BCUT2D eigenvalue weighted by Gasteiger charge is 2.52. The number of ether oxygens (including phenoxy) is 1. The monoisotopic (exact) mass is 340 g/mol. The Bertz CT molecular complexity index is 769. The van der Waals surface area contributed by atoms with Gasteiger partial charge in [0.15, 0.2) is 12.2 Å². The molecule has 25 heavy (non-hydrogen) atoms. The van der Waals surface area contributed by atoms with Crippen molar-refractivity contribution in [1.29, 1.82) is 0 Å². The summed E-state index contributed by atoms with van der Waals surface area (Å²) in [6, 6.07) is 7.04. The number of rotatable bonds is 4. The van der Waals surface area contributed by atoms with Crippen molar-refractivity contribution >= 4 is 11.9 Å². The van der Waals surface area contributed by atoms with Gasteiger partial charge in [-0.2, -0.15) is 0 Å². The first-order valence-corrected chi connectivity index (χ1v) is 8.55. The highest BCUT2D eigenvalue weighted by Crippen LogP contribution is 2.49. The van der Waals surface area contributed by atoms with Crippen LogP contribution in [0.2, 0.25) is 0 Å². The van der Waals surface area contributed by atoms with Crippen LogP contribution in [0.3, 0.4) is 0 Å². The summed E-state index contributed by atoms with van der Waals surface area (Å²) in [4.78, 5) is 28.6. The SMILES string of the molecule is COC(=O)[C@H]1[C@H]2CC[C@@H](C2)[C@@H]1NC(=O)c1ccc(-c2cnco2)cc1. The Labute approximate surface area is 145 Å². The molecular formula is C19H20N2O4. The maximum Gasteiger partial charge on any atom is 0.311 e. The summed E-state index contributed by atoms with van der Waals surface area (Å²) in [5, 5.41) is 3.07. The van der Waals surface area contributed by atoms with E-state index >= 15 is 0 Å². The minimum Gasteiger partial charge on any atom is -0.469 e. The standard InChI is InChI=1S/C19H20N2O4/c1-24-19(23)16-13-6-7-14(8-13)17(16)21-18(22)12-4-2-11(3-5-12)15-9-20-10-25-15/h2-5,9-10,13-14,16-17H,6-8H2,1H3,(H,21,22)/t13-,14-,16-,17-/m0/s1. The fourth-order valence-corrected chi connectivity index (χ4v) is 4.35. The molecule has 2 saturated carbocycles. The van der Waals surface area contributed by atoms with Gasteiger partial charge in [0.25, 0.3) is 5.91 Å². The fourth-order valence-electron chi connectivity index (χ4n) is 4.35. The number of methoxy groups -OCH3 is 1. The van der Waals surface area contributed by atoms with E-state index in [0.717, 1.165) is 24.8 Å². The van der Waals surface area contributed by atoms with Gasteiger partial charge < -0.3 is 14.5 Å². The molecule has 2 fully saturated rings. The smallest absolute Gasteiger partial charge is 0.311 e. The van der Waals surface area contributed by atoms with Gasteiger partial charge in [-0.15, -0.1) is 0 Å². The lowest BCUT2D eigenvalue weighted by Gasteiger charge is -2.29. The van der Waals surface area contributed by atoms with Crippen LogP contribution in [0, 0.1) is 17.8 Å². The molecule has 2 bridgehead atoms. The van der Waals surface area contributed by atoms with Crippen LogP contribution in [0.15, 0.2) is 41.3 Å². The van der Waals surface area contributed by atoms with E-state index in [4.69, 9.17) is 9.15 Å². The lowest BCUT2D eigenvalue weighted by atomic mass is 9.84.